The van der Waals surface area contributed by atoms with Crippen LogP contribution in [0.25, 0.3) is 0 Å². The highest BCUT2D eigenvalue weighted by atomic mass is 16.4. The van der Waals surface area contributed by atoms with Crippen LogP contribution in [0.3, 0.4) is 0 Å². The standard InChI is InChI=1S/C12H20N4O3/c1-3-4-5-10(11(17)18)14-12(19)13-8-9-6-7-16(2)15-9/h6-7,10H,3-5,8H2,1-2H3,(H,17,18)(H2,13,14,19). The lowest BCUT2D eigenvalue weighted by molar-refractivity contribution is -0.139. The van der Waals surface area contributed by atoms with Gasteiger partial charge in [-0.2, -0.15) is 5.10 Å². The highest BCUT2D eigenvalue weighted by molar-refractivity contribution is 5.82. The number of aryl methyl sites for hydroxylation is 1. The van der Waals surface area contributed by atoms with E-state index in [-0.39, 0.29) is 6.54 Å². The fourth-order valence-corrected chi connectivity index (χ4v) is 1.60. The van der Waals surface area contributed by atoms with Gasteiger partial charge in [0.2, 0.25) is 0 Å². The van der Waals surface area contributed by atoms with Crippen LogP contribution in [0, 0.1) is 0 Å². The smallest absolute Gasteiger partial charge is 0.326 e. The molecule has 0 aliphatic carbocycles. The highest BCUT2D eigenvalue weighted by Gasteiger charge is 2.18. The Morgan fingerprint density at radius 3 is 2.79 bits per heavy atom. The van der Waals surface area contributed by atoms with Crippen LogP contribution in [-0.4, -0.2) is 32.9 Å². The quantitative estimate of drug-likeness (QED) is 0.683. The Kier molecular flexibility index (Phi) is 5.84. The maximum atomic E-state index is 11.6. The third kappa shape index (κ3) is 5.41. The van der Waals surface area contributed by atoms with Crippen LogP contribution in [-0.2, 0) is 18.4 Å². The van der Waals surface area contributed by atoms with Gasteiger partial charge in [0.25, 0.3) is 0 Å². The van der Waals surface area contributed by atoms with Crippen molar-refractivity contribution in [1.29, 1.82) is 0 Å². The van der Waals surface area contributed by atoms with E-state index in [1.807, 2.05) is 6.92 Å². The number of nitrogens with zero attached hydrogens (tertiary/aromatic N) is 2. The Bertz CT molecular complexity index is 430. The number of hydrogen-bond acceptors (Lipinski definition) is 3. The monoisotopic (exact) mass is 268 g/mol. The van der Waals surface area contributed by atoms with E-state index in [4.69, 9.17) is 5.11 Å². The van der Waals surface area contributed by atoms with Gasteiger partial charge in [0.15, 0.2) is 0 Å². The third-order valence-electron chi connectivity index (χ3n) is 2.65. The molecule has 0 radical (unpaired) electrons. The van der Waals surface area contributed by atoms with Crippen LogP contribution in [0.1, 0.15) is 31.9 Å². The van der Waals surface area contributed by atoms with Gasteiger partial charge < -0.3 is 15.7 Å². The Morgan fingerprint density at radius 2 is 2.26 bits per heavy atom. The number of urea groups is 1. The summed E-state index contributed by atoms with van der Waals surface area (Å²) in [4.78, 5) is 22.5. The molecule has 7 nitrogen and oxygen atoms in total. The van der Waals surface area contributed by atoms with Crippen molar-refractivity contribution in [3.8, 4) is 0 Å². The van der Waals surface area contributed by atoms with Gasteiger partial charge >= 0.3 is 12.0 Å². The van der Waals surface area contributed by atoms with Crippen LogP contribution in [0.15, 0.2) is 12.3 Å². The van der Waals surface area contributed by atoms with Crippen LogP contribution < -0.4 is 10.6 Å². The molecular weight excluding hydrogens is 248 g/mol. The fraction of sp³-hybridized carbons (Fsp3) is 0.583. The van der Waals surface area contributed by atoms with Crippen LogP contribution in [0.4, 0.5) is 4.79 Å². The van der Waals surface area contributed by atoms with Gasteiger partial charge in [-0.1, -0.05) is 19.8 Å². The van der Waals surface area contributed by atoms with Crippen molar-refractivity contribution in [2.75, 3.05) is 0 Å². The van der Waals surface area contributed by atoms with Crippen molar-refractivity contribution in [1.82, 2.24) is 20.4 Å². The minimum atomic E-state index is -1.01. The van der Waals surface area contributed by atoms with Crippen molar-refractivity contribution < 1.29 is 14.7 Å². The van der Waals surface area contributed by atoms with E-state index in [9.17, 15) is 9.59 Å². The van der Waals surface area contributed by atoms with E-state index < -0.39 is 18.0 Å². The number of aromatic nitrogens is 2. The molecule has 0 fully saturated rings. The molecule has 0 saturated heterocycles. The molecule has 3 N–H and O–H groups in total. The summed E-state index contributed by atoms with van der Waals surface area (Å²) in [5, 5.41) is 18.1. The van der Waals surface area contributed by atoms with Gasteiger partial charge in [-0.15, -0.1) is 0 Å². The van der Waals surface area contributed by atoms with Crippen LogP contribution >= 0.6 is 0 Å². The van der Waals surface area contributed by atoms with Crippen molar-refractivity contribution in [3.05, 3.63) is 18.0 Å². The van der Waals surface area contributed by atoms with Crippen molar-refractivity contribution in [2.45, 2.75) is 38.8 Å². The topological polar surface area (TPSA) is 96.3 Å². The molecule has 106 valence electrons. The first-order valence-corrected chi connectivity index (χ1v) is 6.28. The van der Waals surface area contributed by atoms with E-state index >= 15 is 0 Å². The number of hydrogen-bond donors (Lipinski definition) is 3. The molecule has 1 heterocycles. The zero-order valence-corrected chi connectivity index (χ0v) is 11.2. The minimum Gasteiger partial charge on any atom is -0.480 e. The summed E-state index contributed by atoms with van der Waals surface area (Å²) in [6, 6.07) is 0.448. The predicted molar refractivity (Wildman–Crippen MR) is 69.5 cm³/mol. The number of carbonyl (C=O) groups excluding carboxylic acids is 1. The second-order valence-electron chi connectivity index (χ2n) is 4.34. The Hall–Kier alpha value is -2.05. The van der Waals surface area contributed by atoms with Crippen LogP contribution in [0.2, 0.25) is 0 Å². The Balaban J connectivity index is 2.37. The molecular formula is C12H20N4O3. The average molecular weight is 268 g/mol. The number of carbonyl (C=O) groups is 2. The molecule has 0 bridgehead atoms. The second kappa shape index (κ2) is 7.40. The van der Waals surface area contributed by atoms with Crippen LogP contribution in [0.5, 0.6) is 0 Å². The molecule has 1 aromatic heterocycles. The fourth-order valence-electron chi connectivity index (χ4n) is 1.60. The van der Waals surface area contributed by atoms with Gasteiger partial charge in [-0.25, -0.2) is 9.59 Å². The van der Waals surface area contributed by atoms with Crippen molar-refractivity contribution >= 4 is 12.0 Å². The molecule has 0 saturated carbocycles. The zero-order chi connectivity index (χ0) is 14.3. The van der Waals surface area contributed by atoms with Gasteiger partial charge in [0, 0.05) is 13.2 Å². The summed E-state index contributed by atoms with van der Waals surface area (Å²) < 4.78 is 1.64. The number of nitrogens with one attached hydrogen (secondary N) is 2. The molecule has 1 rings (SSSR count). The summed E-state index contributed by atoms with van der Waals surface area (Å²) >= 11 is 0. The van der Waals surface area contributed by atoms with Gasteiger partial charge in [0.1, 0.15) is 6.04 Å². The summed E-state index contributed by atoms with van der Waals surface area (Å²) in [5.74, 6) is -1.01. The van der Waals surface area contributed by atoms with Crippen molar-refractivity contribution in [3.63, 3.8) is 0 Å². The minimum absolute atomic E-state index is 0.271. The highest BCUT2D eigenvalue weighted by Crippen LogP contribution is 2.01. The van der Waals surface area contributed by atoms with Gasteiger partial charge in [0.05, 0.1) is 12.2 Å². The molecule has 1 unspecified atom stereocenters. The number of carboxylic acids is 1. The molecule has 0 aliphatic heterocycles. The summed E-state index contributed by atoms with van der Waals surface area (Å²) in [6.07, 6.45) is 3.86. The van der Waals surface area contributed by atoms with E-state index in [0.29, 0.717) is 6.42 Å². The number of rotatable bonds is 7. The van der Waals surface area contributed by atoms with Gasteiger partial charge in [-0.3, -0.25) is 4.68 Å². The van der Waals surface area contributed by atoms with Gasteiger partial charge in [-0.05, 0) is 12.5 Å². The molecule has 1 atom stereocenters. The average Bonchev–Trinajstić information content (AvgIpc) is 2.77. The normalized spacial score (nSPS) is 11.9. The van der Waals surface area contributed by atoms with E-state index in [0.717, 1.165) is 18.5 Å². The molecule has 7 heteroatoms. The zero-order valence-electron chi connectivity index (χ0n) is 11.2. The van der Waals surface area contributed by atoms with Crippen molar-refractivity contribution in [2.24, 2.45) is 7.05 Å². The third-order valence-corrected chi connectivity index (χ3v) is 2.65. The Labute approximate surface area is 112 Å². The molecule has 2 amide bonds. The summed E-state index contributed by atoms with van der Waals surface area (Å²) in [6.45, 7) is 2.24. The molecule has 19 heavy (non-hydrogen) atoms. The summed E-state index contributed by atoms with van der Waals surface area (Å²) in [5.41, 5.74) is 0.720. The lowest BCUT2D eigenvalue weighted by atomic mass is 10.1. The Morgan fingerprint density at radius 1 is 1.53 bits per heavy atom. The lowest BCUT2D eigenvalue weighted by Crippen LogP contribution is -2.45. The number of aliphatic carboxylic acids is 1. The number of unbranched alkanes of at least 4 members (excludes halogenated alkanes) is 1. The first kappa shape index (κ1) is 15.0. The van der Waals surface area contributed by atoms with E-state index in [2.05, 4.69) is 15.7 Å². The maximum absolute atomic E-state index is 11.6. The molecule has 0 aromatic carbocycles. The second-order valence-corrected chi connectivity index (χ2v) is 4.34. The lowest BCUT2D eigenvalue weighted by Gasteiger charge is -2.14. The first-order chi connectivity index (χ1) is 9.02. The largest absolute Gasteiger partial charge is 0.480 e. The number of amides is 2. The van der Waals surface area contributed by atoms with E-state index in [1.54, 1.807) is 24.0 Å². The molecule has 0 spiro atoms. The summed E-state index contributed by atoms with van der Waals surface area (Å²) in [7, 11) is 1.79. The molecule has 1 aromatic rings. The number of carboxylic acid groups (broad SMARTS) is 1. The maximum Gasteiger partial charge on any atom is 0.326 e. The SMILES string of the molecule is CCCCC(NC(=O)NCc1ccn(C)n1)C(=O)O. The van der Waals surface area contributed by atoms with E-state index in [1.165, 1.54) is 0 Å². The first-order valence-electron chi connectivity index (χ1n) is 6.28. The predicted octanol–water partition coefficient (Wildman–Crippen LogP) is 0.863. The molecule has 0 aliphatic rings.